The van der Waals surface area contributed by atoms with E-state index in [1.807, 2.05) is 20.8 Å². The number of H-pyrrole nitrogens is 1. The Morgan fingerprint density at radius 3 is 2.63 bits per heavy atom. The Morgan fingerprint density at radius 2 is 1.97 bits per heavy atom. The molecule has 3 atom stereocenters. The van der Waals surface area contributed by atoms with Gasteiger partial charge in [-0.3, -0.25) is 14.3 Å². The van der Waals surface area contributed by atoms with Gasteiger partial charge >= 0.3 is 11.8 Å². The van der Waals surface area contributed by atoms with Crippen molar-refractivity contribution in [2.24, 2.45) is 11.3 Å². The molecule has 1 saturated heterocycles. The number of nitrogens with one attached hydrogen (secondary N) is 1. The SMILES string of the molecule is CC(C)(C)C1CN(C(=O)O)C[C@@H](Cn2c(=O)[nH]c3nccnc3c2=O)[C@H](c2ccc(Cl)c(F)c2)O1. The van der Waals surface area contributed by atoms with Crippen molar-refractivity contribution in [3.63, 3.8) is 0 Å². The van der Waals surface area contributed by atoms with Crippen LogP contribution in [0.15, 0.2) is 40.2 Å². The van der Waals surface area contributed by atoms with E-state index in [1.165, 1.54) is 29.4 Å². The highest BCUT2D eigenvalue weighted by atomic mass is 35.5. The van der Waals surface area contributed by atoms with E-state index in [1.54, 1.807) is 6.07 Å². The van der Waals surface area contributed by atoms with Crippen molar-refractivity contribution in [1.29, 1.82) is 0 Å². The number of halogens is 2. The van der Waals surface area contributed by atoms with Gasteiger partial charge in [0.2, 0.25) is 0 Å². The lowest BCUT2D eigenvalue weighted by molar-refractivity contribution is -0.0791. The van der Waals surface area contributed by atoms with E-state index in [4.69, 9.17) is 16.3 Å². The second-order valence-electron chi connectivity index (χ2n) is 9.63. The summed E-state index contributed by atoms with van der Waals surface area (Å²) in [4.78, 5) is 49.6. The fourth-order valence-electron chi connectivity index (χ4n) is 4.19. The number of aromatic nitrogens is 4. The minimum absolute atomic E-state index is 0.0293. The van der Waals surface area contributed by atoms with Crippen molar-refractivity contribution in [3.05, 3.63) is 67.8 Å². The number of fused-ring (bicyclic) bond motifs is 1. The molecular formula is C23H25ClFN5O5. The van der Waals surface area contributed by atoms with Gasteiger partial charge in [0, 0.05) is 31.4 Å². The first-order chi connectivity index (χ1) is 16.5. The van der Waals surface area contributed by atoms with Crippen molar-refractivity contribution in [1.82, 2.24) is 24.4 Å². The lowest BCUT2D eigenvalue weighted by Crippen LogP contribution is -2.43. The lowest BCUT2D eigenvalue weighted by Gasteiger charge is -2.34. The van der Waals surface area contributed by atoms with Crippen LogP contribution in [0.1, 0.15) is 32.4 Å². The molecule has 0 bridgehead atoms. The largest absolute Gasteiger partial charge is 0.465 e. The van der Waals surface area contributed by atoms with Gasteiger partial charge in [0.1, 0.15) is 5.82 Å². The van der Waals surface area contributed by atoms with Crippen LogP contribution >= 0.6 is 11.6 Å². The van der Waals surface area contributed by atoms with E-state index >= 15 is 0 Å². The summed E-state index contributed by atoms with van der Waals surface area (Å²) in [6, 6.07) is 4.22. The average molecular weight is 506 g/mol. The van der Waals surface area contributed by atoms with E-state index in [0.29, 0.717) is 5.56 Å². The maximum absolute atomic E-state index is 14.4. The van der Waals surface area contributed by atoms with Gasteiger partial charge in [-0.2, -0.15) is 0 Å². The third-order valence-electron chi connectivity index (χ3n) is 6.12. The zero-order chi connectivity index (χ0) is 25.5. The van der Waals surface area contributed by atoms with E-state index in [9.17, 15) is 23.9 Å². The number of nitrogens with zero attached hydrogens (tertiary/aromatic N) is 4. The summed E-state index contributed by atoms with van der Waals surface area (Å²) in [6.45, 7) is 5.55. The molecule has 1 aliphatic rings. The van der Waals surface area contributed by atoms with Crippen molar-refractivity contribution in [2.45, 2.75) is 39.5 Å². The standard InChI is InChI=1S/C23H25ClFN5O5/c1-23(2,3)16-11-29(22(33)34)9-13(18(35-16)12-4-5-14(24)15(25)8-12)10-30-20(31)17-19(28-21(30)32)27-7-6-26-17/h4-8,13,16,18H,9-11H2,1-3H3,(H,33,34)(H,27,28,32)/t13-,16?,18-/m0/s1. The lowest BCUT2D eigenvalue weighted by atomic mass is 9.88. The van der Waals surface area contributed by atoms with E-state index in [-0.39, 0.29) is 35.8 Å². The smallest absolute Gasteiger partial charge is 0.407 e. The average Bonchev–Trinajstić information content (AvgIpc) is 2.99. The van der Waals surface area contributed by atoms with Crippen molar-refractivity contribution in [3.8, 4) is 0 Å². The molecule has 1 aliphatic heterocycles. The molecule has 0 aliphatic carbocycles. The van der Waals surface area contributed by atoms with Gasteiger partial charge in [-0.05, 0) is 23.1 Å². The molecule has 1 unspecified atom stereocenters. The van der Waals surface area contributed by atoms with Crippen LogP contribution in [0.3, 0.4) is 0 Å². The quantitative estimate of drug-likeness (QED) is 0.559. The Bertz CT molecular complexity index is 1390. The third kappa shape index (κ3) is 5.06. The summed E-state index contributed by atoms with van der Waals surface area (Å²) in [6.07, 6.45) is 0.134. The van der Waals surface area contributed by atoms with E-state index in [0.717, 1.165) is 4.57 Å². The Hall–Kier alpha value is -3.31. The zero-order valence-corrected chi connectivity index (χ0v) is 20.1. The van der Waals surface area contributed by atoms with Gasteiger partial charge in [0.05, 0.1) is 23.8 Å². The van der Waals surface area contributed by atoms with Crippen molar-refractivity contribution >= 4 is 28.9 Å². The fraction of sp³-hybridized carbons (Fsp3) is 0.435. The topological polar surface area (TPSA) is 130 Å². The van der Waals surface area contributed by atoms with E-state index < -0.39 is 46.7 Å². The molecule has 2 aromatic heterocycles. The molecule has 0 spiro atoms. The van der Waals surface area contributed by atoms with Crippen LogP contribution in [0.2, 0.25) is 5.02 Å². The molecule has 1 aromatic carbocycles. The molecule has 1 fully saturated rings. The molecule has 0 saturated carbocycles. The number of amides is 1. The molecule has 186 valence electrons. The van der Waals surface area contributed by atoms with Crippen molar-refractivity contribution in [2.75, 3.05) is 13.1 Å². The molecule has 35 heavy (non-hydrogen) atoms. The minimum atomic E-state index is -1.17. The fourth-order valence-corrected chi connectivity index (χ4v) is 4.31. The Kier molecular flexibility index (Phi) is 6.65. The molecular weight excluding hydrogens is 481 g/mol. The monoisotopic (exact) mass is 505 g/mol. The highest BCUT2D eigenvalue weighted by Gasteiger charge is 2.40. The normalized spacial score (nSPS) is 21.2. The summed E-state index contributed by atoms with van der Waals surface area (Å²) >= 11 is 5.88. The van der Waals surface area contributed by atoms with Gasteiger partial charge < -0.3 is 14.7 Å². The summed E-state index contributed by atoms with van der Waals surface area (Å²) in [5, 5.41) is 9.79. The summed E-state index contributed by atoms with van der Waals surface area (Å²) < 4.78 is 21.8. The molecule has 12 heteroatoms. The molecule has 3 aromatic rings. The van der Waals surface area contributed by atoms with Crippen LogP contribution in [0.25, 0.3) is 11.2 Å². The molecule has 10 nitrogen and oxygen atoms in total. The number of carboxylic acid groups (broad SMARTS) is 1. The number of aromatic amines is 1. The highest BCUT2D eigenvalue weighted by Crippen LogP contribution is 2.38. The maximum atomic E-state index is 14.4. The van der Waals surface area contributed by atoms with E-state index in [2.05, 4.69) is 15.0 Å². The predicted molar refractivity (Wildman–Crippen MR) is 126 cm³/mol. The van der Waals surface area contributed by atoms with Crippen LogP contribution in [0, 0.1) is 17.2 Å². The van der Waals surface area contributed by atoms with Crippen LogP contribution in [-0.4, -0.2) is 54.8 Å². The zero-order valence-electron chi connectivity index (χ0n) is 19.4. The van der Waals surface area contributed by atoms with Gasteiger partial charge in [-0.1, -0.05) is 38.4 Å². The second-order valence-corrected chi connectivity index (χ2v) is 10.0. The van der Waals surface area contributed by atoms with Crippen LogP contribution in [0.4, 0.5) is 9.18 Å². The maximum Gasteiger partial charge on any atom is 0.407 e. The molecule has 1 amide bonds. The number of hydrogen-bond donors (Lipinski definition) is 2. The molecule has 0 radical (unpaired) electrons. The Morgan fingerprint density at radius 1 is 1.26 bits per heavy atom. The predicted octanol–water partition coefficient (Wildman–Crippen LogP) is 3.05. The highest BCUT2D eigenvalue weighted by molar-refractivity contribution is 6.30. The molecule has 3 heterocycles. The van der Waals surface area contributed by atoms with Gasteiger partial charge in [0.25, 0.3) is 5.56 Å². The Balaban J connectivity index is 1.84. The minimum Gasteiger partial charge on any atom is -0.465 e. The summed E-state index contributed by atoms with van der Waals surface area (Å²) in [5.41, 5.74) is -1.41. The molecule has 4 rings (SSSR count). The summed E-state index contributed by atoms with van der Waals surface area (Å²) in [5.74, 6) is -1.37. The first-order valence-electron chi connectivity index (χ1n) is 11.0. The summed E-state index contributed by atoms with van der Waals surface area (Å²) in [7, 11) is 0. The number of rotatable bonds is 3. The van der Waals surface area contributed by atoms with Gasteiger partial charge in [-0.25, -0.2) is 23.9 Å². The van der Waals surface area contributed by atoms with Crippen molar-refractivity contribution < 1.29 is 19.0 Å². The van der Waals surface area contributed by atoms with Crippen LogP contribution < -0.4 is 11.2 Å². The van der Waals surface area contributed by atoms with Gasteiger partial charge in [-0.15, -0.1) is 0 Å². The number of benzene rings is 1. The number of carbonyl (C=O) groups is 1. The number of hydrogen-bond acceptors (Lipinski definition) is 6. The second kappa shape index (κ2) is 9.38. The third-order valence-corrected chi connectivity index (χ3v) is 6.43. The molecule has 2 N–H and O–H groups in total. The first-order valence-corrected chi connectivity index (χ1v) is 11.4. The Labute approximate surface area is 204 Å². The number of ether oxygens (including phenoxy) is 1. The van der Waals surface area contributed by atoms with Crippen LogP contribution in [-0.2, 0) is 11.3 Å². The van der Waals surface area contributed by atoms with Gasteiger partial charge in [0.15, 0.2) is 11.2 Å². The first kappa shape index (κ1) is 24.8. The van der Waals surface area contributed by atoms with Crippen LogP contribution in [0.5, 0.6) is 0 Å².